The quantitative estimate of drug-likeness (QED) is 0.599. The molecule has 1 amide bonds. The Morgan fingerprint density at radius 2 is 2.36 bits per heavy atom. The van der Waals surface area contributed by atoms with E-state index < -0.39 is 0 Å². The standard InChI is InChI=1S/C6H4N4O/c11-6-4(1-2-7-6)5-8-3-9-10-5/h1-3H,(H,8,9,10). The number of allylic oxidation sites excluding steroid dienone is 1. The van der Waals surface area contributed by atoms with Crippen LogP contribution in [0.25, 0.3) is 5.57 Å². The first-order valence-corrected chi connectivity index (χ1v) is 3.02. The molecule has 0 saturated heterocycles. The zero-order valence-corrected chi connectivity index (χ0v) is 5.48. The molecule has 5 heteroatoms. The van der Waals surface area contributed by atoms with Gasteiger partial charge in [-0.25, -0.2) is 9.98 Å². The van der Waals surface area contributed by atoms with Gasteiger partial charge >= 0.3 is 0 Å². The highest BCUT2D eigenvalue weighted by molar-refractivity contribution is 6.27. The molecule has 0 unspecified atom stereocenters. The molecule has 1 aliphatic rings. The lowest BCUT2D eigenvalue weighted by molar-refractivity contribution is -0.112. The van der Waals surface area contributed by atoms with Crippen molar-refractivity contribution in [2.45, 2.75) is 0 Å². The summed E-state index contributed by atoms with van der Waals surface area (Å²) in [4.78, 5) is 18.3. The van der Waals surface area contributed by atoms with Gasteiger partial charge in [0.25, 0.3) is 5.91 Å². The smallest absolute Gasteiger partial charge is 0.267 e. The molecule has 0 spiro atoms. The van der Waals surface area contributed by atoms with Gasteiger partial charge in [-0.2, -0.15) is 5.10 Å². The second-order valence-electron chi connectivity index (χ2n) is 2.00. The predicted molar refractivity (Wildman–Crippen MR) is 37.9 cm³/mol. The molecule has 1 aromatic heterocycles. The molecule has 0 atom stereocenters. The van der Waals surface area contributed by atoms with Crippen LogP contribution in [0.1, 0.15) is 5.82 Å². The largest absolute Gasteiger partial charge is 0.280 e. The minimum Gasteiger partial charge on any atom is -0.267 e. The summed E-state index contributed by atoms with van der Waals surface area (Å²) in [7, 11) is 0. The Balaban J connectivity index is 2.40. The molecule has 11 heavy (non-hydrogen) atoms. The van der Waals surface area contributed by atoms with Crippen LogP contribution >= 0.6 is 0 Å². The van der Waals surface area contributed by atoms with Crippen LogP contribution in [-0.2, 0) is 4.79 Å². The van der Waals surface area contributed by atoms with Crippen LogP contribution in [0.15, 0.2) is 17.4 Å². The van der Waals surface area contributed by atoms with Gasteiger partial charge in [0.1, 0.15) is 6.33 Å². The Morgan fingerprint density at radius 1 is 1.45 bits per heavy atom. The third-order valence-corrected chi connectivity index (χ3v) is 1.33. The van der Waals surface area contributed by atoms with E-state index in [2.05, 4.69) is 20.2 Å². The fraction of sp³-hybridized carbons (Fsp3) is 0. The zero-order chi connectivity index (χ0) is 7.68. The van der Waals surface area contributed by atoms with Crippen molar-refractivity contribution in [1.82, 2.24) is 15.2 Å². The summed E-state index contributed by atoms with van der Waals surface area (Å²) >= 11 is 0. The maximum absolute atomic E-state index is 10.9. The van der Waals surface area contributed by atoms with E-state index in [1.165, 1.54) is 12.5 Å². The van der Waals surface area contributed by atoms with Gasteiger partial charge in [0.15, 0.2) is 5.82 Å². The van der Waals surface area contributed by atoms with Crippen LogP contribution < -0.4 is 0 Å². The van der Waals surface area contributed by atoms with Crippen molar-refractivity contribution in [1.29, 1.82) is 0 Å². The lowest BCUT2D eigenvalue weighted by Gasteiger charge is -1.89. The van der Waals surface area contributed by atoms with Gasteiger partial charge in [-0.1, -0.05) is 0 Å². The highest BCUT2D eigenvalue weighted by Crippen LogP contribution is 2.12. The summed E-state index contributed by atoms with van der Waals surface area (Å²) in [6.07, 6.45) is 4.39. The molecule has 54 valence electrons. The first-order valence-electron chi connectivity index (χ1n) is 3.02. The number of H-pyrrole nitrogens is 1. The van der Waals surface area contributed by atoms with Crippen molar-refractivity contribution < 1.29 is 4.79 Å². The van der Waals surface area contributed by atoms with E-state index in [1.54, 1.807) is 6.08 Å². The fourth-order valence-electron chi connectivity index (χ4n) is 0.836. The Hall–Kier alpha value is -1.78. The second kappa shape index (κ2) is 2.12. The van der Waals surface area contributed by atoms with E-state index in [0.29, 0.717) is 11.4 Å². The summed E-state index contributed by atoms with van der Waals surface area (Å²) < 4.78 is 0. The van der Waals surface area contributed by atoms with Gasteiger partial charge in [0.05, 0.1) is 5.57 Å². The van der Waals surface area contributed by atoms with E-state index in [-0.39, 0.29) is 5.91 Å². The van der Waals surface area contributed by atoms with Crippen LogP contribution in [0.3, 0.4) is 0 Å². The molecule has 5 nitrogen and oxygen atoms in total. The molecule has 2 heterocycles. The molecule has 2 rings (SSSR count). The summed E-state index contributed by atoms with van der Waals surface area (Å²) in [6, 6.07) is 0. The number of aromatic amines is 1. The maximum atomic E-state index is 10.9. The monoisotopic (exact) mass is 148 g/mol. The zero-order valence-electron chi connectivity index (χ0n) is 5.48. The number of nitrogens with one attached hydrogen (secondary N) is 1. The number of nitrogens with zero attached hydrogens (tertiary/aromatic N) is 3. The molecule has 1 aromatic rings. The SMILES string of the molecule is O=C1N=CC=C1c1ncn[nH]1. The lowest BCUT2D eigenvalue weighted by atomic mass is 10.2. The highest BCUT2D eigenvalue weighted by atomic mass is 16.1. The Labute approximate surface area is 61.9 Å². The molecule has 1 N–H and O–H groups in total. The van der Waals surface area contributed by atoms with E-state index >= 15 is 0 Å². The Morgan fingerprint density at radius 3 is 2.91 bits per heavy atom. The minimum absolute atomic E-state index is 0.276. The third kappa shape index (κ3) is 0.861. The van der Waals surface area contributed by atoms with Gasteiger partial charge in [-0.3, -0.25) is 9.89 Å². The maximum Gasteiger partial charge on any atom is 0.280 e. The van der Waals surface area contributed by atoms with E-state index in [4.69, 9.17) is 0 Å². The van der Waals surface area contributed by atoms with Crippen molar-refractivity contribution in [3.63, 3.8) is 0 Å². The number of aliphatic imine (C=N–C) groups is 1. The third-order valence-electron chi connectivity index (χ3n) is 1.33. The van der Waals surface area contributed by atoms with Crippen molar-refractivity contribution in [3.05, 3.63) is 18.2 Å². The number of carbonyl (C=O) groups excluding carboxylic acids is 1. The Kier molecular flexibility index (Phi) is 1.15. The highest BCUT2D eigenvalue weighted by Gasteiger charge is 2.15. The first kappa shape index (κ1) is 5.96. The summed E-state index contributed by atoms with van der Waals surface area (Å²) in [5.41, 5.74) is 0.461. The van der Waals surface area contributed by atoms with Crippen LogP contribution in [-0.4, -0.2) is 27.3 Å². The number of amides is 1. The number of rotatable bonds is 1. The molecule has 0 aromatic carbocycles. The van der Waals surface area contributed by atoms with Crippen molar-refractivity contribution in [2.75, 3.05) is 0 Å². The fourth-order valence-corrected chi connectivity index (χ4v) is 0.836. The van der Waals surface area contributed by atoms with E-state index in [0.717, 1.165) is 0 Å². The average Bonchev–Trinajstić information content (AvgIpc) is 2.55. The summed E-state index contributed by atoms with van der Waals surface area (Å²) in [6.45, 7) is 0. The summed E-state index contributed by atoms with van der Waals surface area (Å²) in [5.74, 6) is 0.189. The van der Waals surface area contributed by atoms with Crippen molar-refractivity contribution >= 4 is 17.7 Å². The Bertz CT molecular complexity index is 335. The molecular formula is C6H4N4O. The number of carbonyl (C=O) groups is 1. The molecule has 0 fully saturated rings. The van der Waals surface area contributed by atoms with Gasteiger partial charge in [-0.15, -0.1) is 0 Å². The number of hydrogen-bond acceptors (Lipinski definition) is 3. The van der Waals surface area contributed by atoms with Crippen LogP contribution in [0.2, 0.25) is 0 Å². The van der Waals surface area contributed by atoms with Crippen LogP contribution in [0, 0.1) is 0 Å². The van der Waals surface area contributed by atoms with Crippen LogP contribution in [0.5, 0.6) is 0 Å². The van der Waals surface area contributed by atoms with Gasteiger partial charge in [-0.05, 0) is 6.08 Å². The topological polar surface area (TPSA) is 71.0 Å². The predicted octanol–water partition coefficient (Wildman–Crippen LogP) is -0.201. The van der Waals surface area contributed by atoms with Crippen LogP contribution in [0.4, 0.5) is 0 Å². The van der Waals surface area contributed by atoms with Crippen molar-refractivity contribution in [3.8, 4) is 0 Å². The number of aromatic nitrogens is 3. The van der Waals surface area contributed by atoms with Gasteiger partial charge in [0, 0.05) is 6.21 Å². The van der Waals surface area contributed by atoms with Crippen molar-refractivity contribution in [2.24, 2.45) is 4.99 Å². The average molecular weight is 148 g/mol. The molecule has 0 radical (unpaired) electrons. The molecule has 0 saturated carbocycles. The molecule has 0 bridgehead atoms. The summed E-state index contributed by atoms with van der Waals surface area (Å²) in [5, 5.41) is 6.20. The van der Waals surface area contributed by atoms with Gasteiger partial charge in [0.2, 0.25) is 0 Å². The normalized spacial score (nSPS) is 15.6. The van der Waals surface area contributed by atoms with E-state index in [9.17, 15) is 4.79 Å². The lowest BCUT2D eigenvalue weighted by Crippen LogP contribution is -1.95. The molecule has 0 aliphatic carbocycles. The van der Waals surface area contributed by atoms with E-state index in [1.807, 2.05) is 0 Å². The minimum atomic E-state index is -0.276. The first-order chi connectivity index (χ1) is 5.38. The van der Waals surface area contributed by atoms with Gasteiger partial charge < -0.3 is 0 Å². The number of hydrogen-bond donors (Lipinski definition) is 1. The second-order valence-corrected chi connectivity index (χ2v) is 2.00. The molecule has 1 aliphatic heterocycles. The molecular weight excluding hydrogens is 144 g/mol.